The summed E-state index contributed by atoms with van der Waals surface area (Å²) in [5.41, 5.74) is 0.783. The van der Waals surface area contributed by atoms with Crippen molar-refractivity contribution in [1.29, 1.82) is 5.26 Å². The number of aromatic nitrogens is 2. The first-order valence-electron chi connectivity index (χ1n) is 8.68. The van der Waals surface area contributed by atoms with Crippen molar-refractivity contribution in [2.24, 2.45) is 14.1 Å². The summed E-state index contributed by atoms with van der Waals surface area (Å²) in [5.74, 6) is 0.207. The van der Waals surface area contributed by atoms with Gasteiger partial charge in [0, 0.05) is 19.1 Å². The van der Waals surface area contributed by atoms with E-state index in [9.17, 15) is 14.9 Å². The van der Waals surface area contributed by atoms with Crippen LogP contribution in [0.15, 0.2) is 64.2 Å². The van der Waals surface area contributed by atoms with E-state index in [-0.39, 0.29) is 17.4 Å². The Labute approximate surface area is 167 Å². The third-order valence-corrected chi connectivity index (χ3v) is 4.89. The van der Waals surface area contributed by atoms with Crippen molar-refractivity contribution < 1.29 is 0 Å². The maximum atomic E-state index is 12.4. The highest BCUT2D eigenvalue weighted by Crippen LogP contribution is 2.24. The van der Waals surface area contributed by atoms with Gasteiger partial charge in [0.25, 0.3) is 5.56 Å². The van der Waals surface area contributed by atoms with E-state index in [1.165, 1.54) is 18.7 Å². The molecule has 0 fully saturated rings. The molecule has 0 aliphatic carbocycles. The van der Waals surface area contributed by atoms with Crippen molar-refractivity contribution in [3.8, 4) is 6.07 Å². The lowest BCUT2D eigenvalue weighted by Crippen LogP contribution is -2.40. The molecular weight excluding hydrogens is 376 g/mol. The van der Waals surface area contributed by atoms with Crippen molar-refractivity contribution in [1.82, 2.24) is 9.13 Å². The molecule has 2 aromatic carbocycles. The number of halogens is 1. The molecule has 3 aromatic rings. The van der Waals surface area contributed by atoms with Crippen LogP contribution in [0.5, 0.6) is 0 Å². The van der Waals surface area contributed by atoms with Crippen LogP contribution in [0, 0.1) is 11.3 Å². The fourth-order valence-corrected chi connectivity index (χ4v) is 3.20. The van der Waals surface area contributed by atoms with Crippen LogP contribution in [0.1, 0.15) is 22.7 Å². The van der Waals surface area contributed by atoms with Gasteiger partial charge in [-0.05, 0) is 29.7 Å². The van der Waals surface area contributed by atoms with Crippen LogP contribution in [-0.2, 0) is 20.5 Å². The lowest BCUT2D eigenvalue weighted by atomic mass is 9.98. The zero-order chi connectivity index (χ0) is 20.3. The largest absolute Gasteiger partial charge is 0.363 e. The van der Waals surface area contributed by atoms with E-state index in [1.807, 2.05) is 60.7 Å². The van der Waals surface area contributed by atoms with Crippen molar-refractivity contribution in [2.45, 2.75) is 12.5 Å². The maximum Gasteiger partial charge on any atom is 0.332 e. The lowest BCUT2D eigenvalue weighted by Gasteiger charge is -2.23. The van der Waals surface area contributed by atoms with Crippen LogP contribution in [0.2, 0.25) is 5.02 Å². The molecule has 3 rings (SSSR count). The zero-order valence-electron chi connectivity index (χ0n) is 15.5. The van der Waals surface area contributed by atoms with E-state index in [1.54, 1.807) is 0 Å². The van der Waals surface area contributed by atoms with Gasteiger partial charge in [-0.1, -0.05) is 54.1 Å². The third-order valence-electron chi connectivity index (χ3n) is 4.64. The van der Waals surface area contributed by atoms with Crippen LogP contribution in [-0.4, -0.2) is 9.13 Å². The summed E-state index contributed by atoms with van der Waals surface area (Å²) in [6.45, 7) is 0. The van der Waals surface area contributed by atoms with E-state index in [4.69, 9.17) is 11.6 Å². The van der Waals surface area contributed by atoms with Crippen molar-refractivity contribution in [3.63, 3.8) is 0 Å². The summed E-state index contributed by atoms with van der Waals surface area (Å²) in [5, 5.41) is 13.4. The summed E-state index contributed by atoms with van der Waals surface area (Å²) < 4.78 is 2.22. The number of benzene rings is 2. The number of nitrogens with zero attached hydrogens (tertiary/aromatic N) is 3. The number of rotatable bonds is 5. The first kappa shape index (κ1) is 19.5. The summed E-state index contributed by atoms with van der Waals surface area (Å²) in [6.07, 6.45) is 0.579. The molecule has 142 valence electrons. The molecule has 0 radical (unpaired) electrons. The minimum atomic E-state index is -0.619. The van der Waals surface area contributed by atoms with E-state index in [0.29, 0.717) is 11.4 Å². The second kappa shape index (κ2) is 8.15. The van der Waals surface area contributed by atoms with Crippen LogP contribution in [0.3, 0.4) is 0 Å². The molecule has 1 heterocycles. The Morgan fingerprint density at radius 1 is 1.04 bits per heavy atom. The Kier molecular flexibility index (Phi) is 5.67. The molecule has 0 amide bonds. The molecule has 0 aliphatic heterocycles. The fraction of sp³-hybridized carbons (Fsp3) is 0.190. The van der Waals surface area contributed by atoms with E-state index in [2.05, 4.69) is 5.32 Å². The lowest BCUT2D eigenvalue weighted by molar-refractivity contribution is 0.669. The smallest absolute Gasteiger partial charge is 0.332 e. The number of nitriles is 1. The van der Waals surface area contributed by atoms with Gasteiger partial charge in [-0.25, -0.2) is 4.79 Å². The first-order chi connectivity index (χ1) is 13.4. The van der Waals surface area contributed by atoms with Gasteiger partial charge in [0.1, 0.15) is 11.9 Å². The Morgan fingerprint density at radius 3 is 2.29 bits per heavy atom. The molecular formula is C21H19ClN4O2. The fourth-order valence-electron chi connectivity index (χ4n) is 3.07. The summed E-state index contributed by atoms with van der Waals surface area (Å²) in [6, 6.07) is 18.8. The highest BCUT2D eigenvalue weighted by molar-refractivity contribution is 6.30. The molecule has 0 aliphatic rings. The SMILES string of the molecule is Cn1c(NC(Cc2ccc(Cl)cc2)c2ccccc2)c(C#N)c(=O)n(C)c1=O. The molecule has 1 unspecified atom stereocenters. The standard InChI is InChI=1S/C21H19ClN4O2/c1-25-19(17(13-23)20(27)26(2)21(25)28)24-18(15-6-4-3-5-7-15)12-14-8-10-16(22)11-9-14/h3-11,18,24H,12H2,1-2H3. The number of nitrogens with one attached hydrogen (secondary N) is 1. The predicted octanol–water partition coefficient (Wildman–Crippen LogP) is 3.00. The molecule has 0 saturated carbocycles. The van der Waals surface area contributed by atoms with Gasteiger partial charge in [-0.2, -0.15) is 5.26 Å². The summed E-state index contributed by atoms with van der Waals surface area (Å²) >= 11 is 5.98. The first-order valence-corrected chi connectivity index (χ1v) is 9.06. The van der Waals surface area contributed by atoms with Crippen LogP contribution in [0.25, 0.3) is 0 Å². The minimum Gasteiger partial charge on any atom is -0.363 e. The van der Waals surface area contributed by atoms with Gasteiger partial charge in [0.15, 0.2) is 5.56 Å². The van der Waals surface area contributed by atoms with E-state index < -0.39 is 11.2 Å². The van der Waals surface area contributed by atoms with Crippen LogP contribution in [0.4, 0.5) is 5.82 Å². The van der Waals surface area contributed by atoms with Crippen LogP contribution >= 0.6 is 11.6 Å². The molecule has 0 saturated heterocycles. The normalized spacial score (nSPS) is 11.6. The molecule has 1 atom stereocenters. The molecule has 1 N–H and O–H groups in total. The Hall–Kier alpha value is -3.30. The van der Waals surface area contributed by atoms with Crippen molar-refractivity contribution >= 4 is 17.4 Å². The van der Waals surface area contributed by atoms with Gasteiger partial charge < -0.3 is 5.32 Å². The van der Waals surface area contributed by atoms with Gasteiger partial charge in [0.05, 0.1) is 6.04 Å². The molecule has 1 aromatic heterocycles. The van der Waals surface area contributed by atoms with Gasteiger partial charge in [-0.3, -0.25) is 13.9 Å². The quantitative estimate of drug-likeness (QED) is 0.721. The topological polar surface area (TPSA) is 79.8 Å². The molecule has 0 spiro atoms. The van der Waals surface area contributed by atoms with Gasteiger partial charge in [-0.15, -0.1) is 0 Å². The van der Waals surface area contributed by atoms with Crippen molar-refractivity contribution in [3.05, 3.63) is 97.1 Å². The average molecular weight is 395 g/mol. The summed E-state index contributed by atoms with van der Waals surface area (Å²) in [4.78, 5) is 24.7. The second-order valence-corrected chi connectivity index (χ2v) is 6.92. The third kappa shape index (κ3) is 3.85. The molecule has 6 nitrogen and oxygen atoms in total. The molecule has 7 heteroatoms. The molecule has 28 heavy (non-hydrogen) atoms. The summed E-state index contributed by atoms with van der Waals surface area (Å²) in [7, 11) is 2.90. The van der Waals surface area contributed by atoms with E-state index in [0.717, 1.165) is 15.7 Å². The van der Waals surface area contributed by atoms with Gasteiger partial charge in [0.2, 0.25) is 0 Å². The van der Waals surface area contributed by atoms with Crippen molar-refractivity contribution in [2.75, 3.05) is 5.32 Å². The predicted molar refractivity (Wildman–Crippen MR) is 110 cm³/mol. The number of hydrogen-bond donors (Lipinski definition) is 1. The molecule has 0 bridgehead atoms. The number of anilines is 1. The minimum absolute atomic E-state index is 0.0957. The highest BCUT2D eigenvalue weighted by atomic mass is 35.5. The monoisotopic (exact) mass is 394 g/mol. The van der Waals surface area contributed by atoms with Crippen LogP contribution < -0.4 is 16.6 Å². The zero-order valence-corrected chi connectivity index (χ0v) is 16.3. The number of hydrogen-bond acceptors (Lipinski definition) is 4. The average Bonchev–Trinajstić information content (AvgIpc) is 2.72. The Bertz CT molecular complexity index is 1140. The second-order valence-electron chi connectivity index (χ2n) is 6.48. The Balaban J connectivity index is 2.08. The van der Waals surface area contributed by atoms with Gasteiger partial charge >= 0.3 is 5.69 Å². The van der Waals surface area contributed by atoms with E-state index >= 15 is 0 Å². The maximum absolute atomic E-state index is 12.4. The highest BCUT2D eigenvalue weighted by Gasteiger charge is 2.20. The Morgan fingerprint density at radius 2 is 1.68 bits per heavy atom.